The number of nitrogens with zero attached hydrogens (tertiary/aromatic N) is 5. The summed E-state index contributed by atoms with van der Waals surface area (Å²) in [6.45, 7) is 3.38. The summed E-state index contributed by atoms with van der Waals surface area (Å²) in [6, 6.07) is 5.79. The number of alkyl halides is 3. The molecule has 0 aliphatic carbocycles. The number of sulfonamides is 1. The molecule has 6 rings (SSSR count). The number of carbonyl (C=O) groups is 1. The fraction of sp³-hybridized carbons (Fsp3) is 0.310. The summed E-state index contributed by atoms with van der Waals surface area (Å²) in [5, 5.41) is 3.92. The molecule has 18 heteroatoms. The van der Waals surface area contributed by atoms with E-state index in [0.29, 0.717) is 22.3 Å². The highest BCUT2D eigenvalue weighted by atomic mass is 32.2. The van der Waals surface area contributed by atoms with Crippen LogP contribution in [0.3, 0.4) is 0 Å². The van der Waals surface area contributed by atoms with Crippen molar-refractivity contribution in [2.75, 3.05) is 42.7 Å². The lowest BCUT2D eigenvalue weighted by Crippen LogP contribution is -2.58. The third-order valence-electron chi connectivity index (χ3n) is 8.13. The first-order valence-corrected chi connectivity index (χ1v) is 15.4. The van der Waals surface area contributed by atoms with Gasteiger partial charge < -0.3 is 19.8 Å². The summed E-state index contributed by atoms with van der Waals surface area (Å²) in [4.78, 5) is 29.1. The van der Waals surface area contributed by atoms with Crippen molar-refractivity contribution in [1.82, 2.24) is 20.3 Å². The molecule has 0 unspecified atom stereocenters. The van der Waals surface area contributed by atoms with E-state index in [4.69, 9.17) is 4.74 Å². The van der Waals surface area contributed by atoms with Crippen molar-refractivity contribution in [1.29, 1.82) is 0 Å². The number of nitrogens with one attached hydrogen (secondary N) is 1. The molecule has 0 bridgehead atoms. The summed E-state index contributed by atoms with van der Waals surface area (Å²) in [7, 11) is -4.88. The molecule has 248 valence electrons. The molecule has 2 aromatic heterocycles. The molecule has 11 nitrogen and oxygen atoms in total. The lowest BCUT2D eigenvalue weighted by Gasteiger charge is -2.48. The predicted octanol–water partition coefficient (Wildman–Crippen LogP) is 4.52. The molecule has 2 fully saturated rings. The van der Waals surface area contributed by atoms with Gasteiger partial charge in [0.2, 0.25) is 5.88 Å². The summed E-state index contributed by atoms with van der Waals surface area (Å²) >= 11 is 0. The van der Waals surface area contributed by atoms with Crippen LogP contribution in [-0.4, -0.2) is 68.8 Å². The fourth-order valence-corrected chi connectivity index (χ4v) is 6.93. The quantitative estimate of drug-likeness (QED) is 0.220. The number of carbonyl (C=O) groups excluding carboxylic acids is 1. The highest BCUT2D eigenvalue weighted by Gasteiger charge is 2.47. The van der Waals surface area contributed by atoms with Crippen molar-refractivity contribution < 1.29 is 49.1 Å². The molecule has 0 atom stereocenters. The predicted molar refractivity (Wildman–Crippen MR) is 154 cm³/mol. The first-order chi connectivity index (χ1) is 22.2. The number of ether oxygens (including phenoxy) is 1. The Labute approximate surface area is 263 Å². The smallest absolute Gasteiger partial charge is 0.479 e. The number of benzene rings is 2. The van der Waals surface area contributed by atoms with Crippen molar-refractivity contribution in [3.63, 3.8) is 0 Å². The van der Waals surface area contributed by atoms with Gasteiger partial charge in [-0.25, -0.2) is 32.9 Å². The number of pyridine rings is 1. The molecule has 0 radical (unpaired) electrons. The van der Waals surface area contributed by atoms with Gasteiger partial charge in [0, 0.05) is 55.5 Å². The van der Waals surface area contributed by atoms with Crippen molar-refractivity contribution >= 4 is 38.4 Å². The molecule has 2 aromatic carbocycles. The number of hydrogen-bond donors (Lipinski definition) is 1. The van der Waals surface area contributed by atoms with Gasteiger partial charge in [-0.2, -0.15) is 21.6 Å². The van der Waals surface area contributed by atoms with Crippen LogP contribution in [0.1, 0.15) is 12.8 Å². The van der Waals surface area contributed by atoms with Gasteiger partial charge in [-0.15, -0.1) is 0 Å². The lowest BCUT2D eigenvalue weighted by atomic mass is 9.73. The normalized spacial score (nSPS) is 16.2. The molecule has 0 amide bonds. The van der Waals surface area contributed by atoms with Crippen LogP contribution in [0.4, 0.5) is 37.8 Å². The number of aromatic nitrogens is 3. The highest BCUT2D eigenvalue weighted by molar-refractivity contribution is 7.92. The zero-order valence-electron chi connectivity index (χ0n) is 24.3. The van der Waals surface area contributed by atoms with Crippen LogP contribution in [0.25, 0.3) is 22.0 Å². The Morgan fingerprint density at radius 1 is 0.979 bits per heavy atom. The third-order valence-corrected chi connectivity index (χ3v) is 9.74. The molecule has 4 aromatic rings. The molecular formula is C29H24F6N6O5S. The van der Waals surface area contributed by atoms with Gasteiger partial charge in [-0.05, 0) is 42.0 Å². The third kappa shape index (κ3) is 5.97. The number of hydrogen-bond acceptors (Lipinski definition) is 10. The number of piperidine rings is 1. The standard InChI is InChI=1S/C29H24F6N6O5S/c1-45-26-23(41(46-27(42)29(33,34)35)47(43,44)24-20(31)10-18(30)11-21(24)32)9-17(12-37-26)16-2-3-22-19(8-16)25(39-15-38-22)40-6-4-28(5-7-40)13-36-14-28/h2-3,8-12,15,36H,4-7,13-14H2,1H3. The maximum atomic E-state index is 14.7. The average Bonchev–Trinajstić information content (AvgIpc) is 3.00. The second-order valence-electron chi connectivity index (χ2n) is 11.1. The fourth-order valence-electron chi connectivity index (χ4n) is 5.60. The van der Waals surface area contributed by atoms with Crippen LogP contribution in [0.2, 0.25) is 0 Å². The van der Waals surface area contributed by atoms with E-state index in [9.17, 15) is 39.6 Å². The van der Waals surface area contributed by atoms with Gasteiger partial charge in [0.1, 0.15) is 29.6 Å². The number of halogens is 6. The molecule has 0 saturated carbocycles. The van der Waals surface area contributed by atoms with Crippen molar-refractivity contribution in [2.45, 2.75) is 23.9 Å². The summed E-state index contributed by atoms with van der Waals surface area (Å²) < 4.78 is 114. The zero-order valence-corrected chi connectivity index (χ0v) is 25.1. The maximum absolute atomic E-state index is 14.7. The largest absolute Gasteiger partial charge is 0.493 e. The molecule has 2 saturated heterocycles. The maximum Gasteiger partial charge on any atom is 0.493 e. The molecule has 4 heterocycles. The summed E-state index contributed by atoms with van der Waals surface area (Å²) in [5.74, 6) is -8.64. The van der Waals surface area contributed by atoms with Gasteiger partial charge in [0.15, 0.2) is 10.6 Å². The Kier molecular flexibility index (Phi) is 8.11. The van der Waals surface area contributed by atoms with Crippen LogP contribution in [-0.2, 0) is 19.7 Å². The average molecular weight is 683 g/mol. The number of rotatable bonds is 7. The Balaban J connectivity index is 1.45. The van der Waals surface area contributed by atoms with Crippen LogP contribution in [0.5, 0.6) is 5.88 Å². The van der Waals surface area contributed by atoms with E-state index < -0.39 is 60.6 Å². The lowest BCUT2D eigenvalue weighted by molar-refractivity contribution is -0.199. The Morgan fingerprint density at radius 3 is 2.26 bits per heavy atom. The van der Waals surface area contributed by atoms with E-state index in [-0.39, 0.29) is 23.1 Å². The van der Waals surface area contributed by atoms with Crippen molar-refractivity contribution in [2.24, 2.45) is 5.41 Å². The summed E-state index contributed by atoms with van der Waals surface area (Å²) in [6.07, 6.45) is -1.23. The van der Waals surface area contributed by atoms with Gasteiger partial charge >= 0.3 is 22.2 Å². The Hall–Kier alpha value is -4.71. The molecule has 2 aliphatic heterocycles. The molecule has 2 aliphatic rings. The van der Waals surface area contributed by atoms with Crippen LogP contribution >= 0.6 is 0 Å². The minimum atomic E-state index is -5.86. The van der Waals surface area contributed by atoms with Gasteiger partial charge in [-0.3, -0.25) is 0 Å². The second kappa shape index (κ2) is 11.8. The van der Waals surface area contributed by atoms with E-state index in [1.54, 1.807) is 18.2 Å². The van der Waals surface area contributed by atoms with E-state index >= 15 is 0 Å². The molecular weight excluding hydrogens is 658 g/mol. The minimum Gasteiger partial charge on any atom is -0.479 e. The molecule has 47 heavy (non-hydrogen) atoms. The van der Waals surface area contributed by atoms with Crippen LogP contribution < -0.4 is 19.4 Å². The van der Waals surface area contributed by atoms with Gasteiger partial charge in [0.25, 0.3) is 0 Å². The zero-order chi connectivity index (χ0) is 33.7. The Morgan fingerprint density at radius 2 is 1.66 bits per heavy atom. The number of fused-ring (bicyclic) bond motifs is 1. The molecule has 1 spiro atoms. The van der Waals surface area contributed by atoms with E-state index in [2.05, 4.69) is 30.0 Å². The van der Waals surface area contributed by atoms with Gasteiger partial charge in [-0.1, -0.05) is 10.5 Å². The summed E-state index contributed by atoms with van der Waals surface area (Å²) in [5.41, 5.74) is 0.290. The number of methoxy groups -OCH3 is 1. The van der Waals surface area contributed by atoms with Crippen molar-refractivity contribution in [3.05, 3.63) is 66.4 Å². The van der Waals surface area contributed by atoms with Crippen molar-refractivity contribution in [3.8, 4) is 17.0 Å². The minimum absolute atomic E-state index is 0.00831. The topological polar surface area (TPSA) is 127 Å². The SMILES string of the molecule is COc1ncc(-c2ccc3ncnc(N4CCC5(CC4)CNC5)c3c2)cc1N(OC(=O)C(F)(F)F)S(=O)(=O)c1c(F)cc(F)cc1F. The van der Waals surface area contributed by atoms with E-state index in [0.717, 1.165) is 52.2 Å². The van der Waals surface area contributed by atoms with E-state index in [1.165, 1.54) is 12.5 Å². The Bertz CT molecular complexity index is 1960. The van der Waals surface area contributed by atoms with Crippen LogP contribution in [0.15, 0.2) is 53.8 Å². The molecule has 1 N–H and O–H groups in total. The van der Waals surface area contributed by atoms with Crippen LogP contribution in [0, 0.1) is 22.9 Å². The van der Waals surface area contributed by atoms with Gasteiger partial charge in [0.05, 0.1) is 12.6 Å². The second-order valence-corrected chi connectivity index (χ2v) is 12.8. The first kappa shape index (κ1) is 32.2. The first-order valence-electron chi connectivity index (χ1n) is 14.0. The number of anilines is 2. The van der Waals surface area contributed by atoms with E-state index in [1.807, 2.05) is 0 Å². The monoisotopic (exact) mass is 682 g/mol. The highest BCUT2D eigenvalue weighted by Crippen LogP contribution is 2.40.